The number of anilines is 2. The van der Waals surface area contributed by atoms with Crippen molar-refractivity contribution in [3.63, 3.8) is 0 Å². The second-order valence-corrected chi connectivity index (χ2v) is 8.10. The van der Waals surface area contributed by atoms with Crippen molar-refractivity contribution in [2.24, 2.45) is 0 Å². The Morgan fingerprint density at radius 1 is 0.933 bits per heavy atom. The summed E-state index contributed by atoms with van der Waals surface area (Å²) in [5, 5.41) is 6.99. The molecular weight excluding hydrogens is 396 g/mol. The maximum atomic E-state index is 12.0. The fourth-order valence-electron chi connectivity index (χ4n) is 3.98. The summed E-state index contributed by atoms with van der Waals surface area (Å²) in [6.45, 7) is 2.81. The van der Waals surface area contributed by atoms with Crippen LogP contribution in [0.25, 0.3) is 0 Å². The Hall–Kier alpha value is -2.93. The molecule has 6 nitrogen and oxygen atoms in total. The Kier molecular flexibility index (Phi) is 6.28. The smallest absolute Gasteiger partial charge is 0.227 e. The summed E-state index contributed by atoms with van der Waals surface area (Å²) in [5.41, 5.74) is 4.00. The van der Waals surface area contributed by atoms with Gasteiger partial charge in [0.25, 0.3) is 0 Å². The number of hydrogen-bond acceptors (Lipinski definition) is 3. The van der Waals surface area contributed by atoms with Gasteiger partial charge in [-0.05, 0) is 54.4 Å². The van der Waals surface area contributed by atoms with Crippen molar-refractivity contribution in [3.05, 3.63) is 59.7 Å². The number of amides is 2. The Bertz CT molecular complexity index is 962. The van der Waals surface area contributed by atoms with Crippen LogP contribution in [0.1, 0.15) is 36.8 Å². The minimum Gasteiger partial charge on any atom is -0.358 e. The third-order valence-electron chi connectivity index (χ3n) is 5.58. The van der Waals surface area contributed by atoms with Crippen molar-refractivity contribution in [1.29, 1.82) is 0 Å². The lowest BCUT2D eigenvalue weighted by atomic mass is 10.1. The summed E-state index contributed by atoms with van der Waals surface area (Å²) in [6, 6.07) is 15.9. The first-order valence-electron chi connectivity index (χ1n) is 10.4. The molecule has 2 aliphatic rings. The van der Waals surface area contributed by atoms with Gasteiger partial charge in [-0.2, -0.15) is 0 Å². The summed E-state index contributed by atoms with van der Waals surface area (Å²) in [6.07, 6.45) is 3.10. The van der Waals surface area contributed by atoms with Crippen LogP contribution in [0.5, 0.6) is 0 Å². The standard InChI is InChI=1S/C23H26N4O2S/c28-21-10-4-12-26(21)16-18-7-2-1-6-17(18)15-24-23(30)25-19-8-3-9-20(14-19)27-13-5-11-22(27)29/h1-3,6-9,14H,4-5,10-13,15-16H2,(H2,24,25,30). The number of nitrogens with zero attached hydrogens (tertiary/aromatic N) is 2. The van der Waals surface area contributed by atoms with Gasteiger partial charge in [0.05, 0.1) is 0 Å². The molecule has 0 spiro atoms. The molecule has 0 radical (unpaired) electrons. The summed E-state index contributed by atoms with van der Waals surface area (Å²) < 4.78 is 0. The van der Waals surface area contributed by atoms with Gasteiger partial charge in [-0.1, -0.05) is 30.3 Å². The SMILES string of the molecule is O=C1CCCN1Cc1ccccc1CNC(=S)Nc1cccc(N2CCCC2=O)c1. The lowest BCUT2D eigenvalue weighted by molar-refractivity contribution is -0.128. The van der Waals surface area contributed by atoms with Gasteiger partial charge in [-0.3, -0.25) is 9.59 Å². The minimum atomic E-state index is 0.168. The molecule has 0 saturated carbocycles. The number of nitrogens with one attached hydrogen (secondary N) is 2. The molecule has 0 atom stereocenters. The lowest BCUT2D eigenvalue weighted by Gasteiger charge is -2.19. The van der Waals surface area contributed by atoms with E-state index in [2.05, 4.69) is 22.8 Å². The van der Waals surface area contributed by atoms with E-state index in [1.165, 1.54) is 0 Å². The average Bonchev–Trinajstić information content (AvgIpc) is 3.35. The zero-order valence-electron chi connectivity index (χ0n) is 16.9. The molecule has 2 aromatic carbocycles. The van der Waals surface area contributed by atoms with Crippen molar-refractivity contribution >= 4 is 40.5 Å². The molecule has 2 aliphatic heterocycles. The van der Waals surface area contributed by atoms with Crippen molar-refractivity contribution in [3.8, 4) is 0 Å². The van der Waals surface area contributed by atoms with E-state index in [4.69, 9.17) is 12.2 Å². The van der Waals surface area contributed by atoms with Gasteiger partial charge in [0, 0.05) is 50.4 Å². The molecule has 2 heterocycles. The maximum Gasteiger partial charge on any atom is 0.227 e. The zero-order valence-corrected chi connectivity index (χ0v) is 17.7. The highest BCUT2D eigenvalue weighted by molar-refractivity contribution is 7.80. The van der Waals surface area contributed by atoms with Crippen LogP contribution in [-0.2, 0) is 22.7 Å². The first-order valence-corrected chi connectivity index (χ1v) is 10.8. The van der Waals surface area contributed by atoms with Crippen LogP contribution in [0.15, 0.2) is 48.5 Å². The predicted molar refractivity (Wildman–Crippen MR) is 122 cm³/mol. The molecule has 2 fully saturated rings. The van der Waals surface area contributed by atoms with E-state index in [9.17, 15) is 9.59 Å². The van der Waals surface area contributed by atoms with Gasteiger partial charge in [-0.15, -0.1) is 0 Å². The van der Waals surface area contributed by atoms with Crippen LogP contribution in [0, 0.1) is 0 Å². The number of benzene rings is 2. The highest BCUT2D eigenvalue weighted by Gasteiger charge is 2.22. The van der Waals surface area contributed by atoms with E-state index >= 15 is 0 Å². The van der Waals surface area contributed by atoms with E-state index in [-0.39, 0.29) is 11.8 Å². The summed E-state index contributed by atoms with van der Waals surface area (Å²) in [5.74, 6) is 0.396. The van der Waals surface area contributed by atoms with Gasteiger partial charge >= 0.3 is 0 Å². The number of hydrogen-bond donors (Lipinski definition) is 2. The normalized spacial score (nSPS) is 16.3. The van der Waals surface area contributed by atoms with Crippen molar-refractivity contribution in [2.75, 3.05) is 23.3 Å². The maximum absolute atomic E-state index is 12.0. The molecule has 156 valence electrons. The number of likely N-dealkylation sites (tertiary alicyclic amines) is 1. The van der Waals surface area contributed by atoms with Gasteiger partial charge < -0.3 is 20.4 Å². The van der Waals surface area contributed by atoms with Gasteiger partial charge in [0.2, 0.25) is 11.8 Å². The average molecular weight is 423 g/mol. The van der Waals surface area contributed by atoms with E-state index in [0.717, 1.165) is 48.4 Å². The number of thiocarbonyl (C=S) groups is 1. The van der Waals surface area contributed by atoms with Crippen LogP contribution in [0.4, 0.5) is 11.4 Å². The van der Waals surface area contributed by atoms with Crippen molar-refractivity contribution < 1.29 is 9.59 Å². The Labute approximate surface area is 182 Å². The Morgan fingerprint density at radius 2 is 1.70 bits per heavy atom. The molecule has 0 aromatic heterocycles. The summed E-state index contributed by atoms with van der Waals surface area (Å²) in [4.78, 5) is 27.7. The first-order chi connectivity index (χ1) is 14.6. The fraction of sp³-hybridized carbons (Fsp3) is 0.348. The lowest BCUT2D eigenvalue weighted by Crippen LogP contribution is -2.29. The number of carbonyl (C=O) groups excluding carboxylic acids is 2. The third kappa shape index (κ3) is 4.79. The number of carbonyl (C=O) groups is 2. The topological polar surface area (TPSA) is 64.7 Å². The quantitative estimate of drug-likeness (QED) is 0.699. The Morgan fingerprint density at radius 3 is 2.43 bits per heavy atom. The highest BCUT2D eigenvalue weighted by Crippen LogP contribution is 2.24. The molecule has 2 saturated heterocycles. The molecule has 2 N–H and O–H groups in total. The van der Waals surface area contributed by atoms with E-state index in [1.807, 2.05) is 46.2 Å². The fourth-order valence-corrected chi connectivity index (χ4v) is 4.17. The molecule has 4 rings (SSSR count). The molecule has 30 heavy (non-hydrogen) atoms. The molecule has 2 aromatic rings. The van der Waals surface area contributed by atoms with Gasteiger partial charge in [0.1, 0.15) is 0 Å². The summed E-state index contributed by atoms with van der Waals surface area (Å²) >= 11 is 5.47. The van der Waals surface area contributed by atoms with Crippen LogP contribution in [0.3, 0.4) is 0 Å². The molecule has 0 aliphatic carbocycles. The molecule has 0 bridgehead atoms. The molecular formula is C23H26N4O2S. The van der Waals surface area contributed by atoms with Crippen molar-refractivity contribution in [2.45, 2.75) is 38.8 Å². The van der Waals surface area contributed by atoms with Crippen LogP contribution in [-0.4, -0.2) is 34.9 Å². The van der Waals surface area contributed by atoms with Crippen LogP contribution in [0.2, 0.25) is 0 Å². The van der Waals surface area contributed by atoms with Crippen LogP contribution < -0.4 is 15.5 Å². The highest BCUT2D eigenvalue weighted by atomic mass is 32.1. The molecule has 7 heteroatoms. The second-order valence-electron chi connectivity index (χ2n) is 7.69. The van der Waals surface area contributed by atoms with E-state index < -0.39 is 0 Å². The Balaban J connectivity index is 1.35. The minimum absolute atomic E-state index is 0.168. The van der Waals surface area contributed by atoms with E-state index in [0.29, 0.717) is 31.0 Å². The molecule has 0 unspecified atom stereocenters. The van der Waals surface area contributed by atoms with E-state index in [1.54, 1.807) is 0 Å². The van der Waals surface area contributed by atoms with Gasteiger partial charge in [0.15, 0.2) is 5.11 Å². The number of rotatable bonds is 6. The third-order valence-corrected chi connectivity index (χ3v) is 5.83. The monoisotopic (exact) mass is 422 g/mol. The molecule has 2 amide bonds. The second kappa shape index (κ2) is 9.26. The van der Waals surface area contributed by atoms with Crippen molar-refractivity contribution in [1.82, 2.24) is 10.2 Å². The zero-order chi connectivity index (χ0) is 20.9. The van der Waals surface area contributed by atoms with Crippen LogP contribution >= 0.6 is 12.2 Å². The largest absolute Gasteiger partial charge is 0.358 e. The van der Waals surface area contributed by atoms with Gasteiger partial charge in [-0.25, -0.2) is 0 Å². The first kappa shape index (κ1) is 20.3. The predicted octanol–water partition coefficient (Wildman–Crippen LogP) is 3.42. The summed E-state index contributed by atoms with van der Waals surface area (Å²) in [7, 11) is 0.